The second-order valence-electron chi connectivity index (χ2n) is 8.50. The molecule has 10 heteroatoms. The highest BCUT2D eigenvalue weighted by Crippen LogP contribution is 2.45. The van der Waals surface area contributed by atoms with Crippen LogP contribution in [0.3, 0.4) is 0 Å². The molecular formula is C25H29FN4O4S. The molecule has 3 heterocycles. The molecule has 186 valence electrons. The number of esters is 1. The average molecular weight is 501 g/mol. The first kappa shape index (κ1) is 25.0. The van der Waals surface area contributed by atoms with Crippen LogP contribution in [0.1, 0.15) is 51.1 Å². The fourth-order valence-corrected chi connectivity index (χ4v) is 5.46. The van der Waals surface area contributed by atoms with Gasteiger partial charge in [-0.1, -0.05) is 30.0 Å². The Kier molecular flexibility index (Phi) is 7.90. The van der Waals surface area contributed by atoms with Gasteiger partial charge in [0, 0.05) is 37.3 Å². The minimum Gasteiger partial charge on any atom is -0.463 e. The van der Waals surface area contributed by atoms with E-state index in [-0.39, 0.29) is 30.4 Å². The van der Waals surface area contributed by atoms with Gasteiger partial charge in [0.25, 0.3) is 0 Å². The molecule has 35 heavy (non-hydrogen) atoms. The lowest BCUT2D eigenvalue weighted by Crippen LogP contribution is -2.38. The van der Waals surface area contributed by atoms with E-state index in [1.807, 2.05) is 10.3 Å². The number of hydrogen-bond acceptors (Lipinski definition) is 7. The van der Waals surface area contributed by atoms with Gasteiger partial charge >= 0.3 is 5.97 Å². The normalized spacial score (nSPS) is 19.5. The van der Waals surface area contributed by atoms with Gasteiger partial charge in [-0.15, -0.1) is 0 Å². The molecule has 1 unspecified atom stereocenters. The van der Waals surface area contributed by atoms with E-state index < -0.39 is 17.8 Å². The molecule has 3 aliphatic rings. The highest BCUT2D eigenvalue weighted by atomic mass is 32.2. The number of nitrogens with zero attached hydrogens (tertiary/aromatic N) is 3. The lowest BCUT2D eigenvalue weighted by molar-refractivity contribution is -0.139. The summed E-state index contributed by atoms with van der Waals surface area (Å²) in [4.78, 5) is 45.5. The van der Waals surface area contributed by atoms with Crippen LogP contribution in [0.5, 0.6) is 0 Å². The minimum atomic E-state index is -0.794. The Labute approximate surface area is 208 Å². The van der Waals surface area contributed by atoms with Gasteiger partial charge in [0.2, 0.25) is 11.8 Å². The number of benzene rings is 1. The van der Waals surface area contributed by atoms with Gasteiger partial charge < -0.3 is 19.9 Å². The molecule has 8 nitrogen and oxygen atoms in total. The first-order valence-corrected chi connectivity index (χ1v) is 12.7. The highest BCUT2D eigenvalue weighted by Gasteiger charge is 2.42. The first-order valence-electron chi connectivity index (χ1n) is 11.8. The molecule has 1 atom stereocenters. The van der Waals surface area contributed by atoms with Gasteiger partial charge in [-0.25, -0.2) is 14.2 Å². The summed E-state index contributed by atoms with van der Waals surface area (Å²) < 4.78 is 20.2. The van der Waals surface area contributed by atoms with E-state index in [0.29, 0.717) is 48.1 Å². The highest BCUT2D eigenvalue weighted by molar-refractivity contribution is 8.16. The van der Waals surface area contributed by atoms with Crippen molar-refractivity contribution in [3.05, 3.63) is 58.0 Å². The molecule has 4 rings (SSSR count). The lowest BCUT2D eigenvalue weighted by Gasteiger charge is -2.36. The topological polar surface area (TPSA) is 91.3 Å². The van der Waals surface area contributed by atoms with E-state index in [1.165, 1.54) is 17.8 Å². The van der Waals surface area contributed by atoms with Gasteiger partial charge in [0.15, 0.2) is 5.17 Å². The van der Waals surface area contributed by atoms with Crippen molar-refractivity contribution < 1.29 is 23.5 Å². The van der Waals surface area contributed by atoms with Gasteiger partial charge in [0.1, 0.15) is 5.82 Å². The molecular weight excluding hydrogens is 471 g/mol. The Bertz CT molecular complexity index is 1120. The van der Waals surface area contributed by atoms with E-state index in [9.17, 15) is 18.8 Å². The summed E-state index contributed by atoms with van der Waals surface area (Å²) in [6, 6.07) is 5.50. The number of carbonyl (C=O) groups excluding carboxylic acids is 3. The molecule has 0 aliphatic carbocycles. The molecule has 1 N–H and O–H groups in total. The number of allylic oxidation sites excluding steroid dienone is 1. The molecule has 1 fully saturated rings. The monoisotopic (exact) mass is 500 g/mol. The number of halogens is 1. The zero-order valence-electron chi connectivity index (χ0n) is 19.9. The molecule has 0 saturated carbocycles. The smallest absolute Gasteiger partial charge is 0.338 e. The summed E-state index contributed by atoms with van der Waals surface area (Å²) in [5, 5.41) is 5.30. The third kappa shape index (κ3) is 5.42. The van der Waals surface area contributed by atoms with Crippen molar-refractivity contribution in [3.8, 4) is 0 Å². The van der Waals surface area contributed by atoms with Crippen LogP contribution < -0.4 is 5.32 Å². The maximum absolute atomic E-state index is 15.0. The van der Waals surface area contributed by atoms with Crippen molar-refractivity contribution in [1.29, 1.82) is 0 Å². The summed E-state index contributed by atoms with van der Waals surface area (Å²) in [5.41, 5.74) is 1.66. The van der Waals surface area contributed by atoms with E-state index in [1.54, 1.807) is 36.9 Å². The van der Waals surface area contributed by atoms with Gasteiger partial charge in [-0.05, 0) is 38.2 Å². The SMILES string of the molecule is CCOC(=O)C1=C(C)N=C2SC=C(CC(=O)NCCCN3CCCC3=O)N2C1c1ccccc1F. The number of thioether (sulfide) groups is 1. The molecule has 0 spiro atoms. The number of rotatable bonds is 9. The van der Waals surface area contributed by atoms with Gasteiger partial charge in [-0.2, -0.15) is 0 Å². The van der Waals surface area contributed by atoms with Crippen LogP contribution in [0.4, 0.5) is 4.39 Å². The number of aliphatic imine (C=N–C) groups is 1. The standard InChI is InChI=1S/C25H29FN4O4S/c1-3-34-24(33)22-16(2)28-25-30(23(22)18-8-4-5-9-19(18)26)17(15-35-25)14-20(31)27-11-7-13-29-12-6-10-21(29)32/h4-5,8-9,15,23H,3,6-7,10-14H2,1-2H3,(H,27,31). The zero-order chi connectivity index (χ0) is 24.9. The van der Waals surface area contributed by atoms with Crippen molar-refractivity contribution in [3.63, 3.8) is 0 Å². The maximum Gasteiger partial charge on any atom is 0.338 e. The summed E-state index contributed by atoms with van der Waals surface area (Å²) in [7, 11) is 0. The number of hydrogen-bond donors (Lipinski definition) is 1. The third-order valence-corrected chi connectivity index (χ3v) is 7.02. The lowest BCUT2D eigenvalue weighted by atomic mass is 9.93. The first-order chi connectivity index (χ1) is 16.9. The minimum absolute atomic E-state index is 0.0504. The predicted octanol–water partition coefficient (Wildman–Crippen LogP) is 3.48. The third-order valence-electron chi connectivity index (χ3n) is 6.14. The summed E-state index contributed by atoms with van der Waals surface area (Å²) in [6.45, 7) is 5.46. The van der Waals surface area contributed by atoms with Crippen LogP contribution >= 0.6 is 11.8 Å². The molecule has 1 aromatic rings. The molecule has 3 aliphatic heterocycles. The number of carbonyl (C=O) groups is 3. The fraction of sp³-hybridized carbons (Fsp3) is 0.440. The van der Waals surface area contributed by atoms with E-state index >= 15 is 0 Å². The molecule has 0 bridgehead atoms. The number of likely N-dealkylation sites (tertiary alicyclic amines) is 1. The molecule has 0 radical (unpaired) electrons. The van der Waals surface area contributed by atoms with Crippen LogP contribution in [0.25, 0.3) is 0 Å². The zero-order valence-corrected chi connectivity index (χ0v) is 20.7. The van der Waals surface area contributed by atoms with Crippen LogP contribution in [0.2, 0.25) is 0 Å². The number of ether oxygens (including phenoxy) is 1. The summed E-state index contributed by atoms with van der Waals surface area (Å²) in [5.74, 6) is -1.04. The van der Waals surface area contributed by atoms with Crippen molar-refractivity contribution in [1.82, 2.24) is 15.1 Å². The second-order valence-corrected chi connectivity index (χ2v) is 9.34. The summed E-state index contributed by atoms with van der Waals surface area (Å²) in [6.07, 6.45) is 2.22. The Morgan fingerprint density at radius 1 is 1.31 bits per heavy atom. The predicted molar refractivity (Wildman–Crippen MR) is 131 cm³/mol. The Hall–Kier alpha value is -3.14. The van der Waals surface area contributed by atoms with E-state index in [4.69, 9.17) is 4.74 Å². The van der Waals surface area contributed by atoms with Crippen LogP contribution in [-0.2, 0) is 19.1 Å². The largest absolute Gasteiger partial charge is 0.463 e. The van der Waals surface area contributed by atoms with E-state index in [0.717, 1.165) is 13.0 Å². The Balaban J connectivity index is 1.49. The van der Waals surface area contributed by atoms with Crippen LogP contribution in [-0.4, -0.2) is 59.0 Å². The second kappa shape index (κ2) is 11.1. The molecule has 0 aromatic heterocycles. The molecule has 1 aromatic carbocycles. The van der Waals surface area contributed by atoms with Crippen molar-refractivity contribution >= 4 is 34.7 Å². The number of amidine groups is 1. The Morgan fingerprint density at radius 3 is 2.83 bits per heavy atom. The molecule has 1 saturated heterocycles. The fourth-order valence-electron chi connectivity index (χ4n) is 4.50. The average Bonchev–Trinajstić information content (AvgIpc) is 3.42. The van der Waals surface area contributed by atoms with Crippen molar-refractivity contribution in [2.24, 2.45) is 4.99 Å². The number of amides is 2. The number of nitrogens with one attached hydrogen (secondary N) is 1. The van der Waals surface area contributed by atoms with E-state index in [2.05, 4.69) is 10.3 Å². The van der Waals surface area contributed by atoms with Crippen molar-refractivity contribution in [2.75, 3.05) is 26.2 Å². The molecule has 2 amide bonds. The summed E-state index contributed by atoms with van der Waals surface area (Å²) >= 11 is 1.34. The van der Waals surface area contributed by atoms with Gasteiger partial charge in [-0.3, -0.25) is 9.59 Å². The van der Waals surface area contributed by atoms with Crippen LogP contribution in [0, 0.1) is 5.82 Å². The maximum atomic E-state index is 15.0. The Morgan fingerprint density at radius 2 is 2.11 bits per heavy atom. The van der Waals surface area contributed by atoms with Crippen LogP contribution in [0.15, 0.2) is 51.6 Å². The quantitative estimate of drug-likeness (QED) is 0.412. The van der Waals surface area contributed by atoms with Crippen molar-refractivity contribution in [2.45, 2.75) is 45.6 Å². The number of fused-ring (bicyclic) bond motifs is 1. The van der Waals surface area contributed by atoms with Gasteiger partial charge in [0.05, 0.1) is 30.3 Å².